The maximum atomic E-state index is 14.3. The van der Waals surface area contributed by atoms with Crippen molar-refractivity contribution in [2.45, 2.75) is 20.3 Å². The predicted octanol–water partition coefficient (Wildman–Crippen LogP) is 5.26. The summed E-state index contributed by atoms with van der Waals surface area (Å²) < 4.78 is 25.8. The van der Waals surface area contributed by atoms with Gasteiger partial charge in [-0.05, 0) is 96.1 Å². The summed E-state index contributed by atoms with van der Waals surface area (Å²) in [6.07, 6.45) is 1.67. The normalized spacial score (nSPS) is 14.4. The molecule has 0 radical (unpaired) electrons. The smallest absolute Gasteiger partial charge is 0.338 e. The molecule has 3 aromatic carbocycles. The van der Waals surface area contributed by atoms with E-state index in [0.717, 1.165) is 14.0 Å². The van der Waals surface area contributed by atoms with Gasteiger partial charge in [0.25, 0.3) is 11.8 Å². The van der Waals surface area contributed by atoms with Crippen molar-refractivity contribution in [3.63, 3.8) is 0 Å². The number of imide groups is 2. The number of esters is 1. The van der Waals surface area contributed by atoms with Crippen molar-refractivity contribution >= 4 is 58.2 Å². The zero-order valence-electron chi connectivity index (χ0n) is 21.1. The van der Waals surface area contributed by atoms with Crippen LogP contribution in [0, 0.1) is 9.39 Å². The summed E-state index contributed by atoms with van der Waals surface area (Å²) in [5, 5.41) is 2.18. The number of barbiturate groups is 1. The van der Waals surface area contributed by atoms with E-state index in [-0.39, 0.29) is 29.2 Å². The quantitative estimate of drug-likeness (QED) is 0.156. The van der Waals surface area contributed by atoms with Crippen LogP contribution in [-0.4, -0.2) is 37.0 Å². The number of halogens is 2. The number of nitrogens with zero attached hydrogens (tertiary/aromatic N) is 1. The molecule has 4 rings (SSSR count). The van der Waals surface area contributed by atoms with Gasteiger partial charge in [-0.25, -0.2) is 18.9 Å². The highest BCUT2D eigenvalue weighted by molar-refractivity contribution is 14.1. The Balaban J connectivity index is 1.67. The first kappa shape index (κ1) is 28.0. The second kappa shape index (κ2) is 12.2. The van der Waals surface area contributed by atoms with Crippen LogP contribution in [0.5, 0.6) is 5.75 Å². The van der Waals surface area contributed by atoms with Crippen LogP contribution in [0.2, 0.25) is 0 Å². The molecule has 10 heteroatoms. The number of hydrogen-bond acceptors (Lipinski definition) is 6. The van der Waals surface area contributed by atoms with Crippen molar-refractivity contribution in [1.29, 1.82) is 0 Å². The highest BCUT2D eigenvalue weighted by atomic mass is 127. The van der Waals surface area contributed by atoms with Crippen LogP contribution < -0.4 is 15.0 Å². The largest absolute Gasteiger partial charge is 0.494 e. The summed E-state index contributed by atoms with van der Waals surface area (Å²) in [6, 6.07) is 14.7. The summed E-state index contributed by atoms with van der Waals surface area (Å²) in [5.74, 6) is -2.03. The van der Waals surface area contributed by atoms with Crippen LogP contribution in [-0.2, 0) is 20.7 Å². The third kappa shape index (κ3) is 6.17. The zero-order valence-corrected chi connectivity index (χ0v) is 23.3. The van der Waals surface area contributed by atoms with Crippen LogP contribution in [0.1, 0.15) is 40.9 Å². The molecule has 1 N–H and O–H groups in total. The number of benzene rings is 3. The van der Waals surface area contributed by atoms with Crippen LogP contribution in [0.25, 0.3) is 6.08 Å². The molecule has 0 atom stereocenters. The molecule has 1 aliphatic heterocycles. The van der Waals surface area contributed by atoms with E-state index in [2.05, 4.69) is 27.9 Å². The van der Waals surface area contributed by atoms with Crippen molar-refractivity contribution < 1.29 is 33.0 Å². The molecule has 1 heterocycles. The van der Waals surface area contributed by atoms with E-state index in [1.165, 1.54) is 36.4 Å². The van der Waals surface area contributed by atoms with E-state index in [4.69, 9.17) is 9.47 Å². The standard InChI is InChI=1S/C29H24FIN2O6/c1-3-38-25-15-17(14-24(31)21(25)16-19-7-5-6-8-23(19)30)13-22-26(34)32-29(37)33(27(22)35)20-11-9-18(10-12-20)28(36)39-4-2/h5-15H,3-4,16H2,1-2H3,(H,32,34,37)/b22-13+. The SMILES string of the molecule is CCOC(=O)c1ccc(N2C(=O)NC(=O)/C(=C\c3cc(I)c(Cc4ccccc4F)c(OCC)c3)C2=O)cc1. The number of amides is 4. The number of ether oxygens (including phenoxy) is 2. The molecule has 8 nitrogen and oxygen atoms in total. The highest BCUT2D eigenvalue weighted by Gasteiger charge is 2.37. The van der Waals surface area contributed by atoms with Crippen LogP contribution in [0.4, 0.5) is 14.9 Å². The molecule has 0 aliphatic carbocycles. The molecule has 0 spiro atoms. The molecular formula is C29H24FIN2O6. The third-order valence-electron chi connectivity index (χ3n) is 5.85. The van der Waals surface area contributed by atoms with Crippen molar-refractivity contribution in [2.75, 3.05) is 18.1 Å². The average Bonchev–Trinajstić information content (AvgIpc) is 2.90. The Morgan fingerprint density at radius 3 is 2.41 bits per heavy atom. The van der Waals surface area contributed by atoms with Gasteiger partial charge in [0, 0.05) is 15.6 Å². The topological polar surface area (TPSA) is 102 Å². The Bertz CT molecular complexity index is 1490. The van der Waals surface area contributed by atoms with Crippen molar-refractivity contribution in [3.8, 4) is 5.75 Å². The summed E-state index contributed by atoms with van der Waals surface area (Å²) in [4.78, 5) is 51.3. The Kier molecular flexibility index (Phi) is 8.75. The zero-order chi connectivity index (χ0) is 28.1. The van der Waals surface area contributed by atoms with Gasteiger partial charge in [-0.1, -0.05) is 18.2 Å². The van der Waals surface area contributed by atoms with Crippen LogP contribution >= 0.6 is 22.6 Å². The first-order valence-corrected chi connectivity index (χ1v) is 13.2. The molecule has 0 saturated carbocycles. The van der Waals surface area contributed by atoms with Gasteiger partial charge >= 0.3 is 12.0 Å². The molecular weight excluding hydrogens is 618 g/mol. The number of anilines is 1. The Labute approximate surface area is 237 Å². The van der Waals surface area contributed by atoms with Gasteiger partial charge in [0.05, 0.1) is 24.5 Å². The summed E-state index contributed by atoms with van der Waals surface area (Å²) in [5.41, 5.74) is 1.93. The lowest BCUT2D eigenvalue weighted by Gasteiger charge is -2.26. The van der Waals surface area contributed by atoms with Gasteiger partial charge < -0.3 is 9.47 Å². The van der Waals surface area contributed by atoms with E-state index in [1.54, 1.807) is 37.3 Å². The fourth-order valence-electron chi connectivity index (χ4n) is 4.02. The second-order valence-corrected chi connectivity index (χ2v) is 9.57. The van der Waals surface area contributed by atoms with Crippen LogP contribution in [0.3, 0.4) is 0 Å². The highest BCUT2D eigenvalue weighted by Crippen LogP contribution is 2.31. The molecule has 200 valence electrons. The first-order valence-electron chi connectivity index (χ1n) is 12.1. The average molecular weight is 642 g/mol. The fourth-order valence-corrected chi connectivity index (χ4v) is 4.84. The number of rotatable bonds is 8. The number of nitrogens with one attached hydrogen (secondary N) is 1. The Hall–Kier alpha value is -4.06. The lowest BCUT2D eigenvalue weighted by molar-refractivity contribution is -0.122. The van der Waals surface area contributed by atoms with E-state index in [9.17, 15) is 23.6 Å². The second-order valence-electron chi connectivity index (χ2n) is 8.41. The van der Waals surface area contributed by atoms with Crippen molar-refractivity contribution in [1.82, 2.24) is 5.32 Å². The molecule has 1 aliphatic rings. The van der Waals surface area contributed by atoms with Gasteiger partial charge in [-0.15, -0.1) is 0 Å². The minimum Gasteiger partial charge on any atom is -0.494 e. The number of carbonyl (C=O) groups excluding carboxylic acids is 4. The Morgan fingerprint density at radius 1 is 1.03 bits per heavy atom. The third-order valence-corrected chi connectivity index (χ3v) is 6.81. The molecule has 0 unspecified atom stereocenters. The lowest BCUT2D eigenvalue weighted by Crippen LogP contribution is -2.54. The summed E-state index contributed by atoms with van der Waals surface area (Å²) in [7, 11) is 0. The van der Waals surface area contributed by atoms with E-state index in [1.807, 2.05) is 6.92 Å². The minimum atomic E-state index is -0.907. The van der Waals surface area contributed by atoms with Gasteiger partial charge in [0.2, 0.25) is 0 Å². The van der Waals surface area contributed by atoms with Gasteiger partial charge in [-0.3, -0.25) is 14.9 Å². The number of hydrogen-bond donors (Lipinski definition) is 1. The molecule has 4 amide bonds. The van der Waals surface area contributed by atoms with Crippen molar-refractivity contribution in [2.24, 2.45) is 0 Å². The molecule has 0 aromatic heterocycles. The molecule has 39 heavy (non-hydrogen) atoms. The van der Waals surface area contributed by atoms with Gasteiger partial charge in [0.1, 0.15) is 17.1 Å². The maximum Gasteiger partial charge on any atom is 0.338 e. The lowest BCUT2D eigenvalue weighted by atomic mass is 10.00. The van der Waals surface area contributed by atoms with E-state index < -0.39 is 23.8 Å². The minimum absolute atomic E-state index is 0.175. The molecule has 3 aromatic rings. The summed E-state index contributed by atoms with van der Waals surface area (Å²) in [6.45, 7) is 4.06. The first-order chi connectivity index (χ1) is 18.7. The molecule has 0 bridgehead atoms. The number of carbonyl (C=O) groups is 4. The number of urea groups is 1. The summed E-state index contributed by atoms with van der Waals surface area (Å²) >= 11 is 2.11. The molecule has 1 fully saturated rings. The Morgan fingerprint density at radius 2 is 1.74 bits per heavy atom. The monoisotopic (exact) mass is 642 g/mol. The van der Waals surface area contributed by atoms with Gasteiger partial charge in [-0.2, -0.15) is 0 Å². The van der Waals surface area contributed by atoms with Crippen LogP contribution in [0.15, 0.2) is 66.2 Å². The van der Waals surface area contributed by atoms with E-state index >= 15 is 0 Å². The van der Waals surface area contributed by atoms with Gasteiger partial charge in [0.15, 0.2) is 0 Å². The molecule has 1 saturated heterocycles. The van der Waals surface area contributed by atoms with E-state index in [0.29, 0.717) is 29.9 Å². The fraction of sp³-hybridized carbons (Fsp3) is 0.172. The maximum absolute atomic E-state index is 14.3. The predicted molar refractivity (Wildman–Crippen MR) is 151 cm³/mol. The van der Waals surface area contributed by atoms with Crippen molar-refractivity contribution in [3.05, 3.63) is 97.9 Å².